The lowest BCUT2D eigenvalue weighted by atomic mass is 10.2. The molecule has 6 nitrogen and oxygen atoms in total. The number of amides is 1. The van der Waals surface area contributed by atoms with Crippen molar-refractivity contribution in [2.75, 3.05) is 13.2 Å². The Balaban J connectivity index is 1.88. The van der Waals surface area contributed by atoms with E-state index in [9.17, 15) is 9.59 Å². The molecule has 0 aliphatic carbocycles. The van der Waals surface area contributed by atoms with Gasteiger partial charge in [-0.15, -0.1) is 0 Å². The number of carbonyl (C=O) groups excluding carboxylic acids is 1. The quantitative estimate of drug-likeness (QED) is 0.831. The molecule has 0 radical (unpaired) electrons. The Kier molecular flexibility index (Phi) is 3.94. The van der Waals surface area contributed by atoms with Crippen LogP contribution in [-0.4, -0.2) is 45.9 Å². The van der Waals surface area contributed by atoms with Gasteiger partial charge in [-0.1, -0.05) is 12.1 Å². The molecule has 1 saturated heterocycles. The Hall–Kier alpha value is -2.21. The van der Waals surface area contributed by atoms with Crippen molar-refractivity contribution in [3.8, 4) is 0 Å². The first-order chi connectivity index (χ1) is 10.6. The molecule has 2 atom stereocenters. The number of morpholine rings is 1. The Morgan fingerprint density at radius 1 is 1.36 bits per heavy atom. The van der Waals surface area contributed by atoms with Gasteiger partial charge in [0.1, 0.15) is 6.54 Å². The fourth-order valence-corrected chi connectivity index (χ4v) is 2.76. The van der Waals surface area contributed by atoms with Crippen molar-refractivity contribution >= 4 is 16.8 Å². The average molecular weight is 301 g/mol. The van der Waals surface area contributed by atoms with Gasteiger partial charge in [-0.2, -0.15) is 5.10 Å². The third-order valence-corrected chi connectivity index (χ3v) is 3.98. The Morgan fingerprint density at radius 3 is 2.95 bits per heavy atom. The molecule has 0 unspecified atom stereocenters. The van der Waals surface area contributed by atoms with Gasteiger partial charge >= 0.3 is 0 Å². The van der Waals surface area contributed by atoms with Gasteiger partial charge in [0.15, 0.2) is 0 Å². The maximum absolute atomic E-state index is 12.6. The zero-order valence-electron chi connectivity index (χ0n) is 12.7. The Bertz CT molecular complexity index is 756. The van der Waals surface area contributed by atoms with E-state index in [0.717, 1.165) is 0 Å². The number of hydrogen-bond donors (Lipinski definition) is 0. The van der Waals surface area contributed by atoms with Crippen molar-refractivity contribution in [3.05, 3.63) is 40.7 Å². The summed E-state index contributed by atoms with van der Waals surface area (Å²) < 4.78 is 7.14. The summed E-state index contributed by atoms with van der Waals surface area (Å²) in [5, 5.41) is 4.69. The molecule has 1 aromatic heterocycles. The molecule has 0 bridgehead atoms. The molecule has 0 N–H and O–H groups in total. The number of hydrogen-bond acceptors (Lipinski definition) is 4. The summed E-state index contributed by atoms with van der Waals surface area (Å²) in [4.78, 5) is 26.2. The molecule has 2 heterocycles. The van der Waals surface area contributed by atoms with Crippen LogP contribution < -0.4 is 5.43 Å². The van der Waals surface area contributed by atoms with Crippen LogP contribution in [-0.2, 0) is 16.1 Å². The molecule has 3 rings (SSSR count). The molecule has 1 aliphatic heterocycles. The van der Waals surface area contributed by atoms with E-state index in [2.05, 4.69) is 5.10 Å². The molecule has 22 heavy (non-hydrogen) atoms. The van der Waals surface area contributed by atoms with E-state index in [1.54, 1.807) is 10.7 Å². The van der Waals surface area contributed by atoms with E-state index in [4.69, 9.17) is 4.74 Å². The summed E-state index contributed by atoms with van der Waals surface area (Å²) in [5.41, 5.74) is 0.546. The maximum Gasteiger partial charge on any atom is 0.244 e. The van der Waals surface area contributed by atoms with Gasteiger partial charge < -0.3 is 9.64 Å². The molecule has 0 spiro atoms. The predicted octanol–water partition coefficient (Wildman–Crippen LogP) is 1.03. The predicted molar refractivity (Wildman–Crippen MR) is 82.6 cm³/mol. The molecule has 2 aromatic rings. The molecule has 0 saturated carbocycles. The summed E-state index contributed by atoms with van der Waals surface area (Å²) in [5.74, 6) is -0.0102. The highest BCUT2D eigenvalue weighted by Gasteiger charge is 2.27. The second kappa shape index (κ2) is 5.88. The second-order valence-electron chi connectivity index (χ2n) is 5.72. The first-order valence-electron chi connectivity index (χ1n) is 7.42. The highest BCUT2D eigenvalue weighted by molar-refractivity contribution is 5.81. The normalized spacial score (nSPS) is 22.0. The van der Waals surface area contributed by atoms with Gasteiger partial charge in [0.25, 0.3) is 0 Å². The van der Waals surface area contributed by atoms with Crippen molar-refractivity contribution in [2.45, 2.75) is 32.5 Å². The van der Waals surface area contributed by atoms with Crippen LogP contribution in [0.5, 0.6) is 0 Å². The third kappa shape index (κ3) is 2.74. The topological polar surface area (TPSA) is 64.4 Å². The number of ether oxygens (including phenoxy) is 1. The molecule has 116 valence electrons. The van der Waals surface area contributed by atoms with Crippen LogP contribution in [0.25, 0.3) is 10.9 Å². The van der Waals surface area contributed by atoms with Gasteiger partial charge in [0.05, 0.1) is 30.5 Å². The van der Waals surface area contributed by atoms with E-state index < -0.39 is 0 Å². The van der Waals surface area contributed by atoms with Crippen molar-refractivity contribution in [2.24, 2.45) is 0 Å². The maximum atomic E-state index is 12.6. The average Bonchev–Trinajstić information content (AvgIpc) is 2.52. The fourth-order valence-electron chi connectivity index (χ4n) is 2.76. The monoisotopic (exact) mass is 301 g/mol. The number of rotatable bonds is 2. The minimum atomic E-state index is -0.132. The van der Waals surface area contributed by atoms with Gasteiger partial charge in [0.2, 0.25) is 11.3 Å². The number of benzene rings is 1. The third-order valence-electron chi connectivity index (χ3n) is 3.98. The zero-order chi connectivity index (χ0) is 15.7. The number of nitrogens with zero attached hydrogens (tertiary/aromatic N) is 3. The largest absolute Gasteiger partial charge is 0.375 e. The van der Waals surface area contributed by atoms with Crippen LogP contribution in [0.1, 0.15) is 13.8 Å². The first-order valence-corrected chi connectivity index (χ1v) is 7.42. The molecule has 1 amide bonds. The van der Waals surface area contributed by atoms with E-state index in [1.807, 2.05) is 36.9 Å². The van der Waals surface area contributed by atoms with E-state index in [-0.39, 0.29) is 30.0 Å². The van der Waals surface area contributed by atoms with Crippen LogP contribution in [0, 0.1) is 0 Å². The van der Waals surface area contributed by atoms with Crippen LogP contribution in [0.4, 0.5) is 0 Å². The number of carbonyl (C=O) groups is 1. The van der Waals surface area contributed by atoms with E-state index in [1.165, 1.54) is 6.20 Å². The molecule has 1 aliphatic rings. The second-order valence-corrected chi connectivity index (χ2v) is 5.72. The zero-order valence-corrected chi connectivity index (χ0v) is 12.7. The summed E-state index contributed by atoms with van der Waals surface area (Å²) >= 11 is 0. The lowest BCUT2D eigenvalue weighted by Crippen LogP contribution is -2.51. The smallest absolute Gasteiger partial charge is 0.244 e. The summed E-state index contributed by atoms with van der Waals surface area (Å²) in [6, 6.07) is 7.25. The highest BCUT2D eigenvalue weighted by Crippen LogP contribution is 2.13. The molecule has 1 aromatic carbocycles. The standard InChI is InChI=1S/C16H19N3O3/c1-11-10-22-12(2)8-18(11)16(21)9-19-14-6-4-3-5-13(14)15(20)7-17-19/h3-7,11-12H,8-10H2,1-2H3/t11-,12-/m0/s1. The highest BCUT2D eigenvalue weighted by atomic mass is 16.5. The van der Waals surface area contributed by atoms with E-state index in [0.29, 0.717) is 24.1 Å². The van der Waals surface area contributed by atoms with Crippen molar-refractivity contribution in [1.29, 1.82) is 0 Å². The Labute approximate surface area is 128 Å². The van der Waals surface area contributed by atoms with Crippen LogP contribution in [0.2, 0.25) is 0 Å². The van der Waals surface area contributed by atoms with Crippen molar-refractivity contribution < 1.29 is 9.53 Å². The molecule has 6 heteroatoms. The summed E-state index contributed by atoms with van der Waals surface area (Å²) in [6.45, 7) is 5.18. The van der Waals surface area contributed by atoms with Gasteiger partial charge in [0, 0.05) is 11.9 Å². The molecular weight excluding hydrogens is 282 g/mol. The molecular formula is C16H19N3O3. The Morgan fingerprint density at radius 2 is 2.14 bits per heavy atom. The minimum absolute atomic E-state index is 0.0102. The first kappa shape index (κ1) is 14.7. The SMILES string of the molecule is C[C@H]1CN(C(=O)Cn2ncc(=O)c3ccccc32)[C@@H](C)CO1. The van der Waals surface area contributed by atoms with Gasteiger partial charge in [-0.05, 0) is 26.0 Å². The van der Waals surface area contributed by atoms with Crippen LogP contribution in [0.3, 0.4) is 0 Å². The number of fused-ring (bicyclic) bond motifs is 1. The van der Waals surface area contributed by atoms with Crippen molar-refractivity contribution in [1.82, 2.24) is 14.7 Å². The lowest BCUT2D eigenvalue weighted by molar-refractivity contribution is -0.143. The lowest BCUT2D eigenvalue weighted by Gasteiger charge is -2.36. The minimum Gasteiger partial charge on any atom is -0.375 e. The van der Waals surface area contributed by atoms with Gasteiger partial charge in [-0.3, -0.25) is 14.3 Å². The fraction of sp³-hybridized carbons (Fsp3) is 0.438. The van der Waals surface area contributed by atoms with Crippen LogP contribution >= 0.6 is 0 Å². The summed E-state index contributed by atoms with van der Waals surface area (Å²) in [7, 11) is 0. The van der Waals surface area contributed by atoms with Crippen molar-refractivity contribution in [3.63, 3.8) is 0 Å². The molecule has 1 fully saturated rings. The van der Waals surface area contributed by atoms with Crippen LogP contribution in [0.15, 0.2) is 35.3 Å². The van der Waals surface area contributed by atoms with Gasteiger partial charge in [-0.25, -0.2) is 0 Å². The number of para-hydroxylation sites is 1. The summed E-state index contributed by atoms with van der Waals surface area (Å²) in [6.07, 6.45) is 1.31. The van der Waals surface area contributed by atoms with E-state index >= 15 is 0 Å². The number of aromatic nitrogens is 2.